The number of hydrogen-bond acceptors (Lipinski definition) is 2. The number of hydrogen-bond donors (Lipinski definition) is 0. The van der Waals surface area contributed by atoms with Crippen molar-refractivity contribution in [1.29, 1.82) is 0 Å². The highest BCUT2D eigenvalue weighted by Crippen LogP contribution is 2.29. The monoisotopic (exact) mass is 344 g/mol. The number of pyridine rings is 1. The van der Waals surface area contributed by atoms with Crippen LogP contribution < -0.4 is 0 Å². The Morgan fingerprint density at radius 2 is 1.77 bits per heavy atom. The molecule has 1 saturated carbocycles. The van der Waals surface area contributed by atoms with E-state index in [0.717, 1.165) is 35.7 Å². The molecule has 0 saturated heterocycles. The van der Waals surface area contributed by atoms with Crippen LogP contribution in [0, 0.1) is 0 Å². The summed E-state index contributed by atoms with van der Waals surface area (Å²) in [7, 11) is 0. The maximum Gasteiger partial charge on any atom is 0.227 e. The van der Waals surface area contributed by atoms with E-state index in [-0.39, 0.29) is 5.91 Å². The molecule has 1 amide bonds. The number of rotatable bonds is 6. The van der Waals surface area contributed by atoms with Crippen LogP contribution in [0.25, 0.3) is 10.9 Å². The van der Waals surface area contributed by atoms with Gasteiger partial charge in [-0.1, -0.05) is 55.5 Å². The van der Waals surface area contributed by atoms with Crippen molar-refractivity contribution in [1.82, 2.24) is 9.88 Å². The highest BCUT2D eigenvalue weighted by Gasteiger charge is 2.32. The van der Waals surface area contributed by atoms with Gasteiger partial charge in [-0.05, 0) is 42.0 Å². The van der Waals surface area contributed by atoms with E-state index in [1.165, 1.54) is 11.1 Å². The van der Waals surface area contributed by atoms with Gasteiger partial charge in [-0.3, -0.25) is 9.78 Å². The van der Waals surface area contributed by atoms with E-state index in [4.69, 9.17) is 0 Å². The first-order valence-electron chi connectivity index (χ1n) is 9.44. The summed E-state index contributed by atoms with van der Waals surface area (Å²) in [5.74, 6) is 0.199. The third-order valence-corrected chi connectivity index (χ3v) is 5.15. The standard InChI is InChI=1S/C23H24N2O/c1-2-17-8-10-18(11-9-17)16-25(21-12-13-21)22(26)15-20-6-3-5-19-7-4-14-24-23(19)20/h3-11,14,21H,2,12-13,15-16H2,1H3. The van der Waals surface area contributed by atoms with Crippen LogP contribution in [0.15, 0.2) is 60.8 Å². The van der Waals surface area contributed by atoms with Gasteiger partial charge in [0.25, 0.3) is 0 Å². The lowest BCUT2D eigenvalue weighted by molar-refractivity contribution is -0.131. The van der Waals surface area contributed by atoms with Crippen molar-refractivity contribution in [2.24, 2.45) is 0 Å². The van der Waals surface area contributed by atoms with Gasteiger partial charge in [0.1, 0.15) is 0 Å². The van der Waals surface area contributed by atoms with Gasteiger partial charge in [-0.15, -0.1) is 0 Å². The maximum absolute atomic E-state index is 13.1. The quantitative estimate of drug-likeness (QED) is 0.658. The van der Waals surface area contributed by atoms with Gasteiger partial charge in [-0.25, -0.2) is 0 Å². The lowest BCUT2D eigenvalue weighted by Gasteiger charge is -2.23. The van der Waals surface area contributed by atoms with E-state index in [2.05, 4.69) is 41.1 Å². The highest BCUT2D eigenvalue weighted by molar-refractivity contribution is 5.87. The van der Waals surface area contributed by atoms with E-state index in [9.17, 15) is 4.79 Å². The molecule has 1 fully saturated rings. The number of carbonyl (C=O) groups excluding carboxylic acids is 1. The number of amides is 1. The number of aryl methyl sites for hydroxylation is 1. The molecule has 1 aromatic heterocycles. The molecule has 132 valence electrons. The molecule has 0 bridgehead atoms. The van der Waals surface area contributed by atoms with Crippen LogP contribution in [0.5, 0.6) is 0 Å². The Hall–Kier alpha value is -2.68. The molecule has 1 heterocycles. The summed E-state index contributed by atoms with van der Waals surface area (Å²) < 4.78 is 0. The molecule has 0 aliphatic heterocycles. The molecule has 2 aromatic carbocycles. The predicted octanol–water partition coefficient (Wildman–Crippen LogP) is 4.53. The zero-order valence-electron chi connectivity index (χ0n) is 15.2. The Bertz CT molecular complexity index is 908. The molecule has 1 aliphatic rings. The number of carbonyl (C=O) groups is 1. The fourth-order valence-corrected chi connectivity index (χ4v) is 3.46. The van der Waals surface area contributed by atoms with Gasteiger partial charge in [0.05, 0.1) is 11.9 Å². The summed E-state index contributed by atoms with van der Waals surface area (Å²) in [4.78, 5) is 19.6. The van der Waals surface area contributed by atoms with Crippen LogP contribution in [0.1, 0.15) is 36.5 Å². The Balaban J connectivity index is 1.53. The fraction of sp³-hybridized carbons (Fsp3) is 0.304. The molecule has 0 radical (unpaired) electrons. The third kappa shape index (κ3) is 3.62. The van der Waals surface area contributed by atoms with Gasteiger partial charge in [0, 0.05) is 24.2 Å². The topological polar surface area (TPSA) is 33.2 Å². The van der Waals surface area contributed by atoms with Gasteiger partial charge < -0.3 is 4.90 Å². The lowest BCUT2D eigenvalue weighted by Crippen LogP contribution is -2.33. The lowest BCUT2D eigenvalue weighted by atomic mass is 10.1. The SMILES string of the molecule is CCc1ccc(CN(C(=O)Cc2cccc3cccnc23)C2CC2)cc1. The number of aromatic nitrogens is 1. The van der Waals surface area contributed by atoms with Gasteiger partial charge in [0.15, 0.2) is 0 Å². The summed E-state index contributed by atoms with van der Waals surface area (Å²) in [5, 5.41) is 1.09. The minimum absolute atomic E-state index is 0.199. The molecule has 3 aromatic rings. The van der Waals surface area contributed by atoms with Crippen LogP contribution >= 0.6 is 0 Å². The van der Waals surface area contributed by atoms with Crippen LogP contribution in [-0.2, 0) is 24.2 Å². The number of nitrogens with zero attached hydrogens (tertiary/aromatic N) is 2. The van der Waals surface area contributed by atoms with E-state index in [0.29, 0.717) is 19.0 Å². The number of benzene rings is 2. The van der Waals surface area contributed by atoms with E-state index in [1.54, 1.807) is 6.20 Å². The van der Waals surface area contributed by atoms with Crippen molar-refractivity contribution in [3.8, 4) is 0 Å². The fourth-order valence-electron chi connectivity index (χ4n) is 3.46. The molecule has 3 heteroatoms. The van der Waals surface area contributed by atoms with Crippen LogP contribution in [-0.4, -0.2) is 21.8 Å². The summed E-state index contributed by atoms with van der Waals surface area (Å²) in [6.07, 6.45) is 5.49. The molecule has 1 aliphatic carbocycles. The van der Waals surface area contributed by atoms with E-state index in [1.807, 2.05) is 30.3 Å². The van der Waals surface area contributed by atoms with Gasteiger partial charge in [-0.2, -0.15) is 0 Å². The second kappa shape index (κ2) is 7.28. The molecular weight excluding hydrogens is 320 g/mol. The third-order valence-electron chi connectivity index (χ3n) is 5.15. The Labute approximate surface area is 154 Å². The zero-order valence-corrected chi connectivity index (χ0v) is 15.2. The Morgan fingerprint density at radius 1 is 1.04 bits per heavy atom. The van der Waals surface area contributed by atoms with E-state index >= 15 is 0 Å². The summed E-state index contributed by atoms with van der Waals surface area (Å²) in [6.45, 7) is 2.86. The highest BCUT2D eigenvalue weighted by atomic mass is 16.2. The summed E-state index contributed by atoms with van der Waals surface area (Å²) >= 11 is 0. The second-order valence-corrected chi connectivity index (χ2v) is 7.09. The van der Waals surface area contributed by atoms with Crippen LogP contribution in [0.4, 0.5) is 0 Å². The minimum Gasteiger partial charge on any atom is -0.335 e. The Morgan fingerprint density at radius 3 is 2.50 bits per heavy atom. The normalized spacial score (nSPS) is 13.7. The first-order chi connectivity index (χ1) is 12.7. The largest absolute Gasteiger partial charge is 0.335 e. The predicted molar refractivity (Wildman–Crippen MR) is 105 cm³/mol. The van der Waals surface area contributed by atoms with Crippen molar-refractivity contribution >= 4 is 16.8 Å². The second-order valence-electron chi connectivity index (χ2n) is 7.09. The molecule has 0 unspecified atom stereocenters. The first kappa shape index (κ1) is 16.8. The van der Waals surface area contributed by atoms with Crippen molar-refractivity contribution in [3.63, 3.8) is 0 Å². The molecule has 26 heavy (non-hydrogen) atoms. The van der Waals surface area contributed by atoms with Gasteiger partial charge >= 0.3 is 0 Å². The molecule has 0 N–H and O–H groups in total. The molecule has 0 spiro atoms. The van der Waals surface area contributed by atoms with Crippen LogP contribution in [0.3, 0.4) is 0 Å². The average molecular weight is 344 g/mol. The maximum atomic E-state index is 13.1. The van der Waals surface area contributed by atoms with Crippen LogP contribution in [0.2, 0.25) is 0 Å². The minimum atomic E-state index is 0.199. The molecule has 4 rings (SSSR count). The smallest absolute Gasteiger partial charge is 0.227 e. The molecule has 3 nitrogen and oxygen atoms in total. The number of fused-ring (bicyclic) bond motifs is 1. The van der Waals surface area contributed by atoms with Gasteiger partial charge in [0.2, 0.25) is 5.91 Å². The summed E-state index contributed by atoms with van der Waals surface area (Å²) in [5.41, 5.74) is 4.49. The zero-order chi connectivity index (χ0) is 17.9. The van der Waals surface area contributed by atoms with E-state index < -0.39 is 0 Å². The summed E-state index contributed by atoms with van der Waals surface area (Å²) in [6, 6.07) is 19.1. The molecule has 0 atom stereocenters. The Kier molecular flexibility index (Phi) is 4.70. The van der Waals surface area contributed by atoms with Crippen molar-refractivity contribution in [2.75, 3.05) is 0 Å². The van der Waals surface area contributed by atoms with Crippen molar-refractivity contribution in [3.05, 3.63) is 77.5 Å². The average Bonchev–Trinajstić information content (AvgIpc) is 3.52. The van der Waals surface area contributed by atoms with Crippen molar-refractivity contribution in [2.45, 2.75) is 45.2 Å². The first-order valence-corrected chi connectivity index (χ1v) is 9.44. The van der Waals surface area contributed by atoms with Crippen molar-refractivity contribution < 1.29 is 4.79 Å². The molecular formula is C23H24N2O. The number of para-hydroxylation sites is 1.